The largest absolute Gasteiger partial charge is 0.330 e. The zero-order valence-corrected chi connectivity index (χ0v) is 12.0. The molecular weight excluding hydrogens is 236 g/mol. The third-order valence-electron chi connectivity index (χ3n) is 4.77. The van der Waals surface area contributed by atoms with Gasteiger partial charge in [-0.3, -0.25) is 4.90 Å². The minimum atomic E-state index is 0.341. The lowest BCUT2D eigenvalue weighted by Crippen LogP contribution is -2.39. The van der Waals surface area contributed by atoms with Crippen LogP contribution in [0.25, 0.3) is 0 Å². The van der Waals surface area contributed by atoms with Gasteiger partial charge in [0.15, 0.2) is 0 Å². The molecule has 19 heavy (non-hydrogen) atoms. The molecule has 2 aliphatic carbocycles. The summed E-state index contributed by atoms with van der Waals surface area (Å²) in [6.07, 6.45) is 10.8. The summed E-state index contributed by atoms with van der Waals surface area (Å²) in [5.74, 6) is 0.895. The van der Waals surface area contributed by atoms with E-state index in [0.717, 1.165) is 12.5 Å². The van der Waals surface area contributed by atoms with Gasteiger partial charge in [-0.05, 0) is 38.1 Å². The molecule has 2 fully saturated rings. The zero-order valence-electron chi connectivity index (χ0n) is 12.0. The molecule has 2 N–H and O–H groups in total. The molecule has 1 heterocycles. The highest BCUT2D eigenvalue weighted by Crippen LogP contribution is 2.38. The standard InChI is InChI=1S/C15H26N4/c1-2-18(10-12-4-3-5-12)14(8-16)15-9-17-11-19(15)13-6-7-13/h9,11-14H,2-8,10,16H2,1H3. The van der Waals surface area contributed by atoms with Gasteiger partial charge in [-0.2, -0.15) is 0 Å². The Morgan fingerprint density at radius 3 is 2.74 bits per heavy atom. The Balaban J connectivity index is 1.74. The predicted molar refractivity (Wildman–Crippen MR) is 76.9 cm³/mol. The van der Waals surface area contributed by atoms with Crippen molar-refractivity contribution in [2.24, 2.45) is 11.7 Å². The van der Waals surface area contributed by atoms with Gasteiger partial charge in [0.25, 0.3) is 0 Å². The van der Waals surface area contributed by atoms with E-state index in [1.54, 1.807) is 0 Å². The van der Waals surface area contributed by atoms with Gasteiger partial charge >= 0.3 is 0 Å². The number of hydrogen-bond acceptors (Lipinski definition) is 3. The maximum atomic E-state index is 6.08. The van der Waals surface area contributed by atoms with E-state index < -0.39 is 0 Å². The van der Waals surface area contributed by atoms with Gasteiger partial charge in [-0.25, -0.2) is 4.98 Å². The summed E-state index contributed by atoms with van der Waals surface area (Å²) in [5, 5.41) is 0. The fraction of sp³-hybridized carbons (Fsp3) is 0.800. The van der Waals surface area contributed by atoms with Crippen LogP contribution in [0, 0.1) is 5.92 Å². The van der Waals surface area contributed by atoms with Crippen molar-refractivity contribution in [3.8, 4) is 0 Å². The van der Waals surface area contributed by atoms with Gasteiger partial charge in [-0.15, -0.1) is 0 Å². The van der Waals surface area contributed by atoms with E-state index in [-0.39, 0.29) is 0 Å². The van der Waals surface area contributed by atoms with Crippen LogP contribution in [0.2, 0.25) is 0 Å². The van der Waals surface area contributed by atoms with E-state index in [0.29, 0.717) is 18.6 Å². The quantitative estimate of drug-likeness (QED) is 0.820. The maximum absolute atomic E-state index is 6.08. The van der Waals surface area contributed by atoms with Gasteiger partial charge in [0.1, 0.15) is 0 Å². The molecule has 0 amide bonds. The van der Waals surface area contributed by atoms with Gasteiger partial charge < -0.3 is 10.3 Å². The van der Waals surface area contributed by atoms with Crippen LogP contribution in [-0.4, -0.2) is 34.1 Å². The van der Waals surface area contributed by atoms with Gasteiger partial charge in [-0.1, -0.05) is 13.3 Å². The van der Waals surface area contributed by atoms with Crippen molar-refractivity contribution >= 4 is 0 Å². The van der Waals surface area contributed by atoms with E-state index >= 15 is 0 Å². The summed E-state index contributed by atoms with van der Waals surface area (Å²) in [4.78, 5) is 6.92. The lowest BCUT2D eigenvalue weighted by molar-refractivity contribution is 0.137. The monoisotopic (exact) mass is 262 g/mol. The molecule has 2 aliphatic rings. The first-order valence-electron chi connectivity index (χ1n) is 7.79. The van der Waals surface area contributed by atoms with Crippen LogP contribution in [0.15, 0.2) is 12.5 Å². The number of hydrogen-bond donors (Lipinski definition) is 1. The Labute approximate surface area is 116 Å². The van der Waals surface area contributed by atoms with Gasteiger partial charge in [0.2, 0.25) is 0 Å². The lowest BCUT2D eigenvalue weighted by Gasteiger charge is -2.36. The van der Waals surface area contributed by atoms with E-state index in [1.165, 1.54) is 44.3 Å². The number of likely N-dealkylation sites (N-methyl/N-ethyl adjacent to an activating group) is 1. The molecule has 0 saturated heterocycles. The second kappa shape index (κ2) is 5.63. The van der Waals surface area contributed by atoms with E-state index in [1.807, 2.05) is 12.5 Å². The number of aromatic nitrogens is 2. The second-order valence-electron chi connectivity index (χ2n) is 6.09. The molecule has 0 aromatic carbocycles. The van der Waals surface area contributed by atoms with Crippen LogP contribution in [0.5, 0.6) is 0 Å². The average molecular weight is 262 g/mol. The number of nitrogens with zero attached hydrogens (tertiary/aromatic N) is 3. The number of rotatable bonds is 7. The van der Waals surface area contributed by atoms with E-state index in [9.17, 15) is 0 Å². The number of imidazole rings is 1. The van der Waals surface area contributed by atoms with Crippen molar-refractivity contribution in [1.29, 1.82) is 0 Å². The molecule has 4 heteroatoms. The summed E-state index contributed by atoms with van der Waals surface area (Å²) in [6, 6.07) is 1.03. The van der Waals surface area contributed by atoms with Crippen molar-refractivity contribution in [3.05, 3.63) is 18.2 Å². The minimum absolute atomic E-state index is 0.341. The first-order valence-corrected chi connectivity index (χ1v) is 7.79. The van der Waals surface area contributed by atoms with E-state index in [4.69, 9.17) is 5.73 Å². The van der Waals surface area contributed by atoms with Gasteiger partial charge in [0, 0.05) is 25.3 Å². The molecule has 0 radical (unpaired) electrons. The summed E-state index contributed by atoms with van der Waals surface area (Å²) in [5.41, 5.74) is 7.41. The topological polar surface area (TPSA) is 47.1 Å². The molecule has 1 aromatic heterocycles. The molecule has 2 saturated carbocycles. The fourth-order valence-corrected chi connectivity index (χ4v) is 3.17. The maximum Gasteiger partial charge on any atom is 0.0951 e. The highest BCUT2D eigenvalue weighted by atomic mass is 15.2. The Kier molecular flexibility index (Phi) is 3.89. The Morgan fingerprint density at radius 2 is 2.21 bits per heavy atom. The van der Waals surface area contributed by atoms with Crippen molar-refractivity contribution in [2.75, 3.05) is 19.6 Å². The molecule has 1 atom stereocenters. The summed E-state index contributed by atoms with van der Waals surface area (Å²) >= 11 is 0. The molecule has 1 aromatic rings. The number of nitrogens with two attached hydrogens (primary N) is 1. The van der Waals surface area contributed by atoms with E-state index in [2.05, 4.69) is 21.4 Å². The molecule has 106 valence electrons. The third-order valence-corrected chi connectivity index (χ3v) is 4.77. The Hall–Kier alpha value is -0.870. The van der Waals surface area contributed by atoms with Crippen LogP contribution in [-0.2, 0) is 0 Å². The molecule has 1 unspecified atom stereocenters. The average Bonchev–Trinajstić information content (AvgIpc) is 3.11. The third kappa shape index (κ3) is 2.70. The van der Waals surface area contributed by atoms with Crippen LogP contribution in [0.3, 0.4) is 0 Å². The van der Waals surface area contributed by atoms with Crippen molar-refractivity contribution in [2.45, 2.75) is 51.1 Å². The normalized spacial score (nSPS) is 21.6. The highest BCUT2D eigenvalue weighted by Gasteiger charge is 2.31. The Morgan fingerprint density at radius 1 is 1.42 bits per heavy atom. The summed E-state index contributed by atoms with van der Waals surface area (Å²) < 4.78 is 2.36. The molecule has 0 spiro atoms. The molecule has 0 bridgehead atoms. The first-order chi connectivity index (χ1) is 9.33. The summed E-state index contributed by atoms with van der Waals surface area (Å²) in [7, 11) is 0. The highest BCUT2D eigenvalue weighted by molar-refractivity contribution is 5.10. The van der Waals surface area contributed by atoms with Crippen molar-refractivity contribution in [3.63, 3.8) is 0 Å². The SMILES string of the molecule is CCN(CC1CCC1)C(CN)c1cncn1C1CC1. The fourth-order valence-electron chi connectivity index (χ4n) is 3.17. The lowest BCUT2D eigenvalue weighted by atomic mass is 9.84. The summed E-state index contributed by atoms with van der Waals surface area (Å²) in [6.45, 7) is 5.22. The van der Waals surface area contributed by atoms with Crippen LogP contribution in [0.1, 0.15) is 56.8 Å². The predicted octanol–water partition coefficient (Wildman–Crippen LogP) is 2.34. The van der Waals surface area contributed by atoms with Gasteiger partial charge in [0.05, 0.1) is 18.1 Å². The first kappa shape index (κ1) is 13.1. The van der Waals surface area contributed by atoms with Crippen LogP contribution < -0.4 is 5.73 Å². The minimum Gasteiger partial charge on any atom is -0.330 e. The molecule has 0 aliphatic heterocycles. The van der Waals surface area contributed by atoms with Crippen LogP contribution in [0.4, 0.5) is 0 Å². The zero-order chi connectivity index (χ0) is 13.2. The Bertz CT molecular complexity index is 406. The molecule has 4 nitrogen and oxygen atoms in total. The molecular formula is C15H26N4. The molecule has 3 rings (SSSR count). The second-order valence-corrected chi connectivity index (χ2v) is 6.09. The van der Waals surface area contributed by atoms with Crippen molar-refractivity contribution in [1.82, 2.24) is 14.5 Å². The smallest absolute Gasteiger partial charge is 0.0951 e. The van der Waals surface area contributed by atoms with Crippen molar-refractivity contribution < 1.29 is 0 Å². The van der Waals surface area contributed by atoms with Crippen LogP contribution >= 0.6 is 0 Å².